The van der Waals surface area contributed by atoms with Gasteiger partial charge in [-0.2, -0.15) is 13.2 Å². The number of nitrogens with two attached hydrogens (primary N) is 1. The van der Waals surface area contributed by atoms with E-state index >= 15 is 0 Å². The predicted octanol–water partition coefficient (Wildman–Crippen LogP) is 1.11. The minimum absolute atomic E-state index is 0.0104. The zero-order valence-electron chi connectivity index (χ0n) is 9.66. The fraction of sp³-hybridized carbons (Fsp3) is 1.00. The van der Waals surface area contributed by atoms with Crippen LogP contribution in [-0.2, 0) is 14.6 Å². The fourth-order valence-electron chi connectivity index (χ4n) is 1.12. The molecule has 17 heavy (non-hydrogen) atoms. The van der Waals surface area contributed by atoms with Gasteiger partial charge in [-0.05, 0) is 12.8 Å². The standard InChI is InChI=1S/C9H18F3NO3S/c1-2-17(14,15)5-3-4-8(13)6-16-7-9(10,11)12/h8H,2-7,13H2,1H3. The Kier molecular flexibility index (Phi) is 7.03. The van der Waals surface area contributed by atoms with E-state index in [2.05, 4.69) is 4.74 Å². The van der Waals surface area contributed by atoms with Gasteiger partial charge < -0.3 is 10.5 Å². The zero-order chi connectivity index (χ0) is 13.5. The first kappa shape index (κ1) is 16.7. The van der Waals surface area contributed by atoms with E-state index in [1.807, 2.05) is 0 Å². The van der Waals surface area contributed by atoms with Crippen molar-refractivity contribution < 1.29 is 26.3 Å². The molecular weight excluding hydrogens is 259 g/mol. The Morgan fingerprint density at radius 1 is 1.35 bits per heavy atom. The van der Waals surface area contributed by atoms with Crippen LogP contribution in [0.1, 0.15) is 19.8 Å². The number of hydrogen-bond acceptors (Lipinski definition) is 4. The second kappa shape index (κ2) is 7.17. The Labute approximate surface area is 99.2 Å². The molecule has 0 heterocycles. The van der Waals surface area contributed by atoms with Gasteiger partial charge >= 0.3 is 6.18 Å². The van der Waals surface area contributed by atoms with Crippen LogP contribution in [0, 0.1) is 0 Å². The average Bonchev–Trinajstić information content (AvgIpc) is 2.15. The van der Waals surface area contributed by atoms with Gasteiger partial charge in [0.05, 0.1) is 12.4 Å². The van der Waals surface area contributed by atoms with Crippen molar-refractivity contribution in [2.24, 2.45) is 5.73 Å². The maximum Gasteiger partial charge on any atom is 0.411 e. The van der Waals surface area contributed by atoms with Gasteiger partial charge in [0.25, 0.3) is 0 Å². The lowest BCUT2D eigenvalue weighted by Crippen LogP contribution is -2.29. The zero-order valence-corrected chi connectivity index (χ0v) is 10.5. The SMILES string of the molecule is CCS(=O)(=O)CCCC(N)COCC(F)(F)F. The highest BCUT2D eigenvalue weighted by atomic mass is 32.2. The molecule has 0 spiro atoms. The fourth-order valence-corrected chi connectivity index (χ4v) is 2.01. The van der Waals surface area contributed by atoms with Crippen LogP contribution in [-0.4, -0.2) is 45.4 Å². The summed E-state index contributed by atoms with van der Waals surface area (Å²) in [5.74, 6) is 0.0727. The van der Waals surface area contributed by atoms with E-state index in [1.54, 1.807) is 6.92 Å². The summed E-state index contributed by atoms with van der Waals surface area (Å²) in [6, 6.07) is -0.565. The Morgan fingerprint density at radius 2 is 1.94 bits per heavy atom. The summed E-state index contributed by atoms with van der Waals surface area (Å²) in [7, 11) is -3.04. The summed E-state index contributed by atoms with van der Waals surface area (Å²) in [5, 5.41) is 0. The van der Waals surface area contributed by atoms with Crippen molar-refractivity contribution in [2.75, 3.05) is 24.7 Å². The second-order valence-electron chi connectivity index (χ2n) is 3.77. The highest BCUT2D eigenvalue weighted by Gasteiger charge is 2.27. The number of rotatable bonds is 8. The number of hydrogen-bond donors (Lipinski definition) is 1. The molecule has 0 aromatic carbocycles. The molecule has 1 unspecified atom stereocenters. The third kappa shape index (κ3) is 10.5. The smallest absolute Gasteiger partial charge is 0.370 e. The van der Waals surface area contributed by atoms with E-state index in [0.29, 0.717) is 12.8 Å². The van der Waals surface area contributed by atoms with E-state index in [-0.39, 0.29) is 18.1 Å². The van der Waals surface area contributed by atoms with Gasteiger partial charge in [0.15, 0.2) is 0 Å². The first-order valence-electron chi connectivity index (χ1n) is 5.27. The lowest BCUT2D eigenvalue weighted by atomic mass is 10.2. The summed E-state index contributed by atoms with van der Waals surface area (Å²) in [6.07, 6.45) is -3.69. The van der Waals surface area contributed by atoms with Crippen molar-refractivity contribution in [1.29, 1.82) is 0 Å². The van der Waals surface area contributed by atoms with E-state index in [9.17, 15) is 21.6 Å². The topological polar surface area (TPSA) is 69.4 Å². The number of sulfone groups is 1. The molecule has 0 aliphatic heterocycles. The van der Waals surface area contributed by atoms with Crippen LogP contribution in [0.4, 0.5) is 13.2 Å². The van der Waals surface area contributed by atoms with Crippen LogP contribution in [0.25, 0.3) is 0 Å². The van der Waals surface area contributed by atoms with Gasteiger partial charge in [-0.25, -0.2) is 8.42 Å². The Bertz CT molecular complexity index is 303. The molecule has 0 saturated carbocycles. The highest BCUT2D eigenvalue weighted by molar-refractivity contribution is 7.91. The lowest BCUT2D eigenvalue weighted by Gasteiger charge is -2.13. The van der Waals surface area contributed by atoms with Crippen molar-refractivity contribution >= 4 is 9.84 Å². The predicted molar refractivity (Wildman–Crippen MR) is 58.4 cm³/mol. The summed E-state index contributed by atoms with van der Waals surface area (Å²) >= 11 is 0. The molecule has 0 aliphatic carbocycles. The number of ether oxygens (including phenoxy) is 1. The van der Waals surface area contributed by atoms with E-state index in [1.165, 1.54) is 0 Å². The summed E-state index contributed by atoms with van der Waals surface area (Å²) in [5.41, 5.74) is 5.49. The quantitative estimate of drug-likeness (QED) is 0.721. The van der Waals surface area contributed by atoms with Crippen molar-refractivity contribution in [2.45, 2.75) is 32.0 Å². The van der Waals surface area contributed by atoms with Crippen LogP contribution in [0.2, 0.25) is 0 Å². The van der Waals surface area contributed by atoms with E-state index in [4.69, 9.17) is 5.73 Å². The summed E-state index contributed by atoms with van der Waals surface area (Å²) in [6.45, 7) is 0.00133. The molecular formula is C9H18F3NO3S. The van der Waals surface area contributed by atoms with Crippen LogP contribution >= 0.6 is 0 Å². The molecule has 0 saturated heterocycles. The molecule has 4 nitrogen and oxygen atoms in total. The molecule has 0 rings (SSSR count). The maximum absolute atomic E-state index is 11.7. The van der Waals surface area contributed by atoms with Crippen molar-refractivity contribution in [1.82, 2.24) is 0 Å². The van der Waals surface area contributed by atoms with Gasteiger partial charge in [0, 0.05) is 11.8 Å². The van der Waals surface area contributed by atoms with Gasteiger partial charge in [-0.15, -0.1) is 0 Å². The van der Waals surface area contributed by atoms with Crippen LogP contribution in [0.15, 0.2) is 0 Å². The largest absolute Gasteiger partial charge is 0.411 e. The molecule has 2 N–H and O–H groups in total. The lowest BCUT2D eigenvalue weighted by molar-refractivity contribution is -0.174. The minimum Gasteiger partial charge on any atom is -0.370 e. The van der Waals surface area contributed by atoms with Gasteiger partial charge in [-0.3, -0.25) is 0 Å². The Hall–Kier alpha value is -0.340. The molecule has 0 radical (unpaired) electrons. The van der Waals surface area contributed by atoms with Gasteiger partial charge in [-0.1, -0.05) is 6.92 Å². The Balaban J connectivity index is 3.64. The molecule has 0 aliphatic rings. The number of alkyl halides is 3. The van der Waals surface area contributed by atoms with Gasteiger partial charge in [0.1, 0.15) is 16.4 Å². The maximum atomic E-state index is 11.7. The summed E-state index contributed by atoms with van der Waals surface area (Å²) < 4.78 is 61.7. The van der Waals surface area contributed by atoms with Crippen molar-refractivity contribution in [3.05, 3.63) is 0 Å². The third-order valence-electron chi connectivity index (χ3n) is 2.07. The number of halogens is 3. The molecule has 8 heteroatoms. The molecule has 0 aromatic rings. The third-order valence-corrected chi connectivity index (χ3v) is 3.86. The van der Waals surface area contributed by atoms with Gasteiger partial charge in [0.2, 0.25) is 0 Å². The first-order chi connectivity index (χ1) is 7.66. The van der Waals surface area contributed by atoms with Crippen LogP contribution < -0.4 is 5.73 Å². The van der Waals surface area contributed by atoms with Crippen LogP contribution in [0.3, 0.4) is 0 Å². The molecule has 0 fully saturated rings. The first-order valence-corrected chi connectivity index (χ1v) is 7.09. The van der Waals surface area contributed by atoms with Crippen LogP contribution in [0.5, 0.6) is 0 Å². The monoisotopic (exact) mass is 277 g/mol. The Morgan fingerprint density at radius 3 is 2.41 bits per heavy atom. The molecule has 0 amide bonds. The highest BCUT2D eigenvalue weighted by Crippen LogP contribution is 2.14. The average molecular weight is 277 g/mol. The van der Waals surface area contributed by atoms with E-state index < -0.39 is 28.7 Å². The second-order valence-corrected chi connectivity index (χ2v) is 6.24. The molecule has 1 atom stereocenters. The molecule has 104 valence electrons. The molecule has 0 aromatic heterocycles. The normalized spacial score (nSPS) is 14.9. The van der Waals surface area contributed by atoms with Crippen molar-refractivity contribution in [3.8, 4) is 0 Å². The van der Waals surface area contributed by atoms with Crippen molar-refractivity contribution in [3.63, 3.8) is 0 Å². The summed E-state index contributed by atoms with van der Waals surface area (Å²) in [4.78, 5) is 0. The van der Waals surface area contributed by atoms with E-state index in [0.717, 1.165) is 0 Å². The molecule has 0 bridgehead atoms. The minimum atomic E-state index is -4.36.